The Balaban J connectivity index is 1.89. The molecule has 0 radical (unpaired) electrons. The number of nitrogens with zero attached hydrogens (tertiary/aromatic N) is 1. The molecule has 0 spiro atoms. The minimum absolute atomic E-state index is 0.0348. The number of aromatic amines is 1. The molecule has 2 aliphatic rings. The molecule has 0 unspecified atom stereocenters. The lowest BCUT2D eigenvalue weighted by atomic mass is 9.76. The van der Waals surface area contributed by atoms with Crippen LogP contribution in [-0.4, -0.2) is 21.5 Å². The average molecular weight is 385 g/mol. The molecule has 0 amide bonds. The number of hydrogen-bond donors (Lipinski definition) is 2. The van der Waals surface area contributed by atoms with Crippen LogP contribution >= 0.6 is 11.8 Å². The number of halogens is 1. The lowest BCUT2D eigenvalue weighted by Gasteiger charge is -2.32. The van der Waals surface area contributed by atoms with Crippen molar-refractivity contribution in [2.24, 2.45) is 0 Å². The van der Waals surface area contributed by atoms with Crippen molar-refractivity contribution >= 4 is 23.4 Å². The van der Waals surface area contributed by atoms with Crippen molar-refractivity contribution in [1.29, 1.82) is 0 Å². The van der Waals surface area contributed by atoms with Crippen LogP contribution in [0.3, 0.4) is 0 Å². The van der Waals surface area contributed by atoms with Gasteiger partial charge in [0.25, 0.3) is 5.56 Å². The second kappa shape index (κ2) is 7.31. The van der Waals surface area contributed by atoms with Crippen LogP contribution in [0.5, 0.6) is 0 Å². The van der Waals surface area contributed by atoms with E-state index in [1.165, 1.54) is 23.9 Å². The third kappa shape index (κ3) is 3.32. The van der Waals surface area contributed by atoms with E-state index in [4.69, 9.17) is 0 Å². The van der Waals surface area contributed by atoms with Gasteiger partial charge < -0.3 is 10.3 Å². The Kier molecular flexibility index (Phi) is 4.86. The highest BCUT2D eigenvalue weighted by Gasteiger charge is 2.37. The summed E-state index contributed by atoms with van der Waals surface area (Å²) in [5.41, 5.74) is 2.34. The van der Waals surface area contributed by atoms with Gasteiger partial charge in [0, 0.05) is 29.4 Å². The molecule has 140 valence electrons. The van der Waals surface area contributed by atoms with Crippen molar-refractivity contribution in [2.75, 3.05) is 11.1 Å². The van der Waals surface area contributed by atoms with Crippen LogP contribution in [0.2, 0.25) is 0 Å². The van der Waals surface area contributed by atoms with Crippen molar-refractivity contribution in [3.05, 3.63) is 62.8 Å². The number of ketones is 1. The van der Waals surface area contributed by atoms with Crippen LogP contribution in [0.15, 0.2) is 45.5 Å². The Labute approximate surface area is 160 Å². The molecular weight excluding hydrogens is 365 g/mol. The molecule has 7 heteroatoms. The number of hydrogen-bond acceptors (Lipinski definition) is 5. The Hall–Kier alpha value is -2.41. The number of allylic oxidation sites excluding steroid dienone is 2. The Morgan fingerprint density at radius 1 is 1.22 bits per heavy atom. The van der Waals surface area contributed by atoms with Crippen molar-refractivity contribution < 1.29 is 9.18 Å². The maximum atomic E-state index is 13.4. The first-order valence-corrected chi connectivity index (χ1v) is 10.1. The summed E-state index contributed by atoms with van der Waals surface area (Å²) in [5.74, 6) is 0.518. The Morgan fingerprint density at radius 3 is 2.74 bits per heavy atom. The molecule has 0 saturated carbocycles. The number of nitrogens with one attached hydrogen (secondary N) is 2. The zero-order valence-corrected chi connectivity index (χ0v) is 15.8. The summed E-state index contributed by atoms with van der Waals surface area (Å²) in [6, 6.07) is 6.00. The van der Waals surface area contributed by atoms with Gasteiger partial charge in [0.05, 0.1) is 5.56 Å². The van der Waals surface area contributed by atoms with Gasteiger partial charge >= 0.3 is 0 Å². The van der Waals surface area contributed by atoms with Crippen molar-refractivity contribution in [1.82, 2.24) is 9.97 Å². The normalized spacial score (nSPS) is 18.7. The molecule has 27 heavy (non-hydrogen) atoms. The van der Waals surface area contributed by atoms with Gasteiger partial charge in [-0.05, 0) is 37.0 Å². The maximum Gasteiger partial charge on any atom is 0.257 e. The van der Waals surface area contributed by atoms with Crippen LogP contribution in [0.25, 0.3) is 0 Å². The van der Waals surface area contributed by atoms with Crippen molar-refractivity contribution in [3.8, 4) is 0 Å². The number of aromatic nitrogens is 2. The van der Waals surface area contributed by atoms with Crippen LogP contribution < -0.4 is 10.9 Å². The van der Waals surface area contributed by atoms with Crippen molar-refractivity contribution in [2.45, 2.75) is 43.7 Å². The van der Waals surface area contributed by atoms with Gasteiger partial charge in [0.1, 0.15) is 11.6 Å². The van der Waals surface area contributed by atoms with Gasteiger partial charge in [-0.25, -0.2) is 9.37 Å². The molecule has 2 aromatic rings. The zero-order valence-electron chi connectivity index (χ0n) is 15.0. The van der Waals surface area contributed by atoms with Crippen LogP contribution in [0, 0.1) is 5.82 Å². The highest BCUT2D eigenvalue weighted by atomic mass is 32.2. The fourth-order valence-corrected chi connectivity index (χ4v) is 4.41. The fraction of sp³-hybridized carbons (Fsp3) is 0.350. The second-order valence-electron chi connectivity index (χ2n) is 6.76. The van der Waals surface area contributed by atoms with E-state index in [1.807, 2.05) is 0 Å². The van der Waals surface area contributed by atoms with Gasteiger partial charge in [0.15, 0.2) is 10.9 Å². The number of thioether (sulfide) groups is 1. The summed E-state index contributed by atoms with van der Waals surface area (Å²) in [6.45, 7) is 2.07. The number of fused-ring (bicyclic) bond motifs is 1. The molecule has 2 N–H and O–H groups in total. The molecule has 1 aliphatic carbocycles. The monoisotopic (exact) mass is 385 g/mol. The second-order valence-corrected chi connectivity index (χ2v) is 7.84. The summed E-state index contributed by atoms with van der Waals surface area (Å²) in [4.78, 5) is 33.1. The summed E-state index contributed by atoms with van der Waals surface area (Å²) >= 11 is 1.50. The maximum absolute atomic E-state index is 13.4. The number of H-pyrrole nitrogens is 1. The molecule has 4 rings (SSSR count). The molecule has 1 atom stereocenters. The van der Waals surface area contributed by atoms with E-state index in [0.717, 1.165) is 36.3 Å². The van der Waals surface area contributed by atoms with Crippen LogP contribution in [-0.2, 0) is 4.79 Å². The largest absolute Gasteiger partial charge is 0.343 e. The molecular formula is C20H20FN3O2S. The first-order valence-electron chi connectivity index (χ1n) is 9.14. The molecule has 1 aromatic carbocycles. The first-order chi connectivity index (χ1) is 13.1. The summed E-state index contributed by atoms with van der Waals surface area (Å²) < 4.78 is 13.4. The number of carbonyl (C=O) groups is 1. The Morgan fingerprint density at radius 2 is 2.00 bits per heavy atom. The molecule has 5 nitrogen and oxygen atoms in total. The molecule has 0 saturated heterocycles. The van der Waals surface area contributed by atoms with Gasteiger partial charge in [0.2, 0.25) is 0 Å². The van der Waals surface area contributed by atoms with Gasteiger partial charge in [-0.3, -0.25) is 9.59 Å². The van der Waals surface area contributed by atoms with E-state index in [0.29, 0.717) is 28.5 Å². The molecule has 2 heterocycles. The standard InChI is InChI=1S/C20H20FN3O2S/c1-2-10-27-20-23-18-17(19(26)24-20)15(11-6-8-12(21)9-7-11)16-13(22-18)4-3-5-14(16)25/h6-9,15H,2-5,10H2,1H3,(H2,22,23,24,26)/t15-/m0/s1. The van der Waals surface area contributed by atoms with Crippen molar-refractivity contribution in [3.63, 3.8) is 0 Å². The molecule has 1 aromatic heterocycles. The number of anilines is 1. The molecule has 0 bridgehead atoms. The predicted molar refractivity (Wildman–Crippen MR) is 104 cm³/mol. The van der Waals surface area contributed by atoms with Gasteiger partial charge in [-0.1, -0.05) is 30.8 Å². The van der Waals surface area contributed by atoms with E-state index in [-0.39, 0.29) is 17.2 Å². The summed E-state index contributed by atoms with van der Waals surface area (Å²) in [5, 5.41) is 3.81. The van der Waals surface area contributed by atoms with E-state index in [2.05, 4.69) is 22.2 Å². The average Bonchev–Trinajstić information content (AvgIpc) is 2.65. The number of Topliss-reactive ketones (excluding diaryl/α,β-unsaturated/α-hetero) is 1. The SMILES string of the molecule is CCCSc1nc2c(c(=O)[nH]1)[C@@H](c1ccc(F)cc1)C1=C(CCCC1=O)N2. The quantitative estimate of drug-likeness (QED) is 0.615. The fourth-order valence-electron chi connectivity index (χ4n) is 3.70. The van der Waals surface area contributed by atoms with E-state index < -0.39 is 5.92 Å². The minimum Gasteiger partial charge on any atom is -0.343 e. The lowest BCUT2D eigenvalue weighted by molar-refractivity contribution is -0.116. The molecule has 1 aliphatic heterocycles. The first kappa shape index (κ1) is 18.0. The zero-order chi connectivity index (χ0) is 19.0. The topological polar surface area (TPSA) is 74.8 Å². The number of carbonyl (C=O) groups excluding carboxylic acids is 1. The predicted octanol–water partition coefficient (Wildman–Crippen LogP) is 3.98. The van der Waals surface area contributed by atoms with Gasteiger partial charge in [-0.15, -0.1) is 0 Å². The minimum atomic E-state index is -0.522. The highest BCUT2D eigenvalue weighted by Crippen LogP contribution is 2.43. The number of benzene rings is 1. The smallest absolute Gasteiger partial charge is 0.257 e. The van der Waals surface area contributed by atoms with Gasteiger partial charge in [-0.2, -0.15) is 0 Å². The van der Waals surface area contributed by atoms with E-state index >= 15 is 0 Å². The van der Waals surface area contributed by atoms with Crippen LogP contribution in [0.4, 0.5) is 10.2 Å². The third-order valence-corrected chi connectivity index (χ3v) is 5.96. The lowest BCUT2D eigenvalue weighted by Crippen LogP contribution is -2.32. The Bertz CT molecular complexity index is 982. The highest BCUT2D eigenvalue weighted by molar-refractivity contribution is 7.99. The number of rotatable bonds is 4. The van der Waals surface area contributed by atoms with E-state index in [1.54, 1.807) is 12.1 Å². The summed E-state index contributed by atoms with van der Waals surface area (Å²) in [7, 11) is 0. The van der Waals surface area contributed by atoms with Crippen LogP contribution in [0.1, 0.15) is 49.7 Å². The summed E-state index contributed by atoms with van der Waals surface area (Å²) in [6.07, 6.45) is 2.95. The van der Waals surface area contributed by atoms with E-state index in [9.17, 15) is 14.0 Å². The third-order valence-electron chi connectivity index (χ3n) is 4.88. The molecule has 0 fully saturated rings.